The molecule has 1 N–H and O–H groups in total. The lowest BCUT2D eigenvalue weighted by Crippen LogP contribution is -2.45. The van der Waals surface area contributed by atoms with E-state index in [0.717, 1.165) is 0 Å². The Morgan fingerprint density at radius 2 is 2.06 bits per heavy atom. The second-order valence-corrected chi connectivity index (χ2v) is 6.26. The van der Waals surface area contributed by atoms with Crippen molar-refractivity contribution < 1.29 is 0 Å². The van der Waals surface area contributed by atoms with Crippen LogP contribution in [-0.2, 0) is 5.54 Å². The highest BCUT2D eigenvalue weighted by Crippen LogP contribution is 2.39. The van der Waals surface area contributed by atoms with Crippen molar-refractivity contribution in [1.29, 1.82) is 0 Å². The van der Waals surface area contributed by atoms with Crippen molar-refractivity contribution in [2.24, 2.45) is 0 Å². The van der Waals surface area contributed by atoms with Crippen LogP contribution < -0.4 is 5.32 Å². The van der Waals surface area contributed by atoms with Gasteiger partial charge in [-0.05, 0) is 31.9 Å². The summed E-state index contributed by atoms with van der Waals surface area (Å²) in [6, 6.07) is 8.77. The molecule has 16 heavy (non-hydrogen) atoms. The zero-order valence-electron chi connectivity index (χ0n) is 10.4. The second kappa shape index (κ2) is 4.80. The SMILES string of the molecule is CCCCC1NC(C)(C)c2ccccc2S1. The summed E-state index contributed by atoms with van der Waals surface area (Å²) in [5, 5.41) is 4.32. The Labute approximate surface area is 103 Å². The maximum absolute atomic E-state index is 3.75. The van der Waals surface area contributed by atoms with Crippen molar-refractivity contribution in [1.82, 2.24) is 5.32 Å². The molecule has 0 fully saturated rings. The number of unbranched alkanes of at least 4 members (excludes halogenated alkanes) is 1. The molecule has 0 radical (unpaired) electrons. The maximum Gasteiger partial charge on any atom is 0.0586 e. The number of hydrogen-bond donors (Lipinski definition) is 1. The van der Waals surface area contributed by atoms with E-state index in [2.05, 4.69) is 50.4 Å². The molecule has 1 unspecified atom stereocenters. The Morgan fingerprint density at radius 1 is 1.31 bits per heavy atom. The molecule has 1 aliphatic rings. The predicted octanol–water partition coefficient (Wildman–Crippen LogP) is 4.13. The van der Waals surface area contributed by atoms with Gasteiger partial charge >= 0.3 is 0 Å². The minimum absolute atomic E-state index is 0.111. The van der Waals surface area contributed by atoms with Gasteiger partial charge in [-0.15, -0.1) is 11.8 Å². The van der Waals surface area contributed by atoms with E-state index in [4.69, 9.17) is 0 Å². The van der Waals surface area contributed by atoms with Crippen LogP contribution in [0.25, 0.3) is 0 Å². The number of thioether (sulfide) groups is 1. The monoisotopic (exact) mass is 235 g/mol. The Bertz CT molecular complexity index is 360. The molecule has 1 aliphatic heterocycles. The van der Waals surface area contributed by atoms with Gasteiger partial charge in [0.1, 0.15) is 0 Å². The third kappa shape index (κ3) is 2.44. The molecule has 2 rings (SSSR count). The lowest BCUT2D eigenvalue weighted by molar-refractivity contribution is 0.365. The number of nitrogens with one attached hydrogen (secondary N) is 1. The van der Waals surface area contributed by atoms with Crippen LogP contribution in [-0.4, -0.2) is 5.37 Å². The number of hydrogen-bond acceptors (Lipinski definition) is 2. The smallest absolute Gasteiger partial charge is 0.0586 e. The summed E-state index contributed by atoms with van der Waals surface area (Å²) >= 11 is 1.99. The van der Waals surface area contributed by atoms with Gasteiger partial charge in [-0.3, -0.25) is 5.32 Å². The van der Waals surface area contributed by atoms with Gasteiger partial charge in [0.15, 0.2) is 0 Å². The summed E-state index contributed by atoms with van der Waals surface area (Å²) in [5.41, 5.74) is 1.55. The summed E-state index contributed by atoms with van der Waals surface area (Å²) in [5.74, 6) is 0. The third-order valence-corrected chi connectivity index (χ3v) is 4.42. The second-order valence-electron chi connectivity index (χ2n) is 5.01. The minimum Gasteiger partial charge on any atom is -0.296 e. The van der Waals surface area contributed by atoms with Crippen LogP contribution in [0.3, 0.4) is 0 Å². The first kappa shape index (κ1) is 12.0. The van der Waals surface area contributed by atoms with Gasteiger partial charge < -0.3 is 0 Å². The van der Waals surface area contributed by atoms with Crippen molar-refractivity contribution in [3.63, 3.8) is 0 Å². The molecule has 2 heteroatoms. The van der Waals surface area contributed by atoms with Gasteiger partial charge in [-0.2, -0.15) is 0 Å². The zero-order chi connectivity index (χ0) is 11.6. The van der Waals surface area contributed by atoms with E-state index in [-0.39, 0.29) is 5.54 Å². The molecule has 0 aromatic heterocycles. The van der Waals surface area contributed by atoms with E-state index in [1.54, 1.807) is 0 Å². The first-order valence-electron chi connectivity index (χ1n) is 6.17. The first-order valence-corrected chi connectivity index (χ1v) is 7.05. The Morgan fingerprint density at radius 3 is 2.81 bits per heavy atom. The fraction of sp³-hybridized carbons (Fsp3) is 0.571. The molecule has 0 aliphatic carbocycles. The van der Waals surface area contributed by atoms with Crippen LogP contribution in [0.15, 0.2) is 29.2 Å². The van der Waals surface area contributed by atoms with E-state index in [1.807, 2.05) is 11.8 Å². The Hall–Kier alpha value is -0.470. The maximum atomic E-state index is 3.75. The topological polar surface area (TPSA) is 12.0 Å². The highest BCUT2D eigenvalue weighted by atomic mass is 32.2. The molecule has 0 saturated heterocycles. The zero-order valence-corrected chi connectivity index (χ0v) is 11.2. The summed E-state index contributed by atoms with van der Waals surface area (Å²) in [7, 11) is 0. The van der Waals surface area contributed by atoms with Crippen molar-refractivity contribution in [2.75, 3.05) is 0 Å². The molecule has 1 aromatic rings. The number of benzene rings is 1. The molecule has 88 valence electrons. The predicted molar refractivity (Wildman–Crippen MR) is 71.8 cm³/mol. The molecular weight excluding hydrogens is 214 g/mol. The lowest BCUT2D eigenvalue weighted by atomic mass is 9.93. The van der Waals surface area contributed by atoms with Crippen molar-refractivity contribution in [3.8, 4) is 0 Å². The molecular formula is C14H21NS. The van der Waals surface area contributed by atoms with Crippen molar-refractivity contribution in [3.05, 3.63) is 29.8 Å². The van der Waals surface area contributed by atoms with Gasteiger partial charge in [0, 0.05) is 10.4 Å². The van der Waals surface area contributed by atoms with E-state index < -0.39 is 0 Å². The van der Waals surface area contributed by atoms with Crippen LogP contribution in [0.4, 0.5) is 0 Å². The van der Waals surface area contributed by atoms with Crippen molar-refractivity contribution >= 4 is 11.8 Å². The fourth-order valence-corrected chi connectivity index (χ4v) is 3.82. The molecule has 1 heterocycles. The largest absolute Gasteiger partial charge is 0.296 e. The van der Waals surface area contributed by atoms with Crippen molar-refractivity contribution in [2.45, 2.75) is 55.8 Å². The highest BCUT2D eigenvalue weighted by molar-refractivity contribution is 8.00. The molecule has 0 saturated carbocycles. The summed E-state index contributed by atoms with van der Waals surface area (Å²) in [6.45, 7) is 6.82. The van der Waals surface area contributed by atoms with Crippen LogP contribution in [0.5, 0.6) is 0 Å². The van der Waals surface area contributed by atoms with Gasteiger partial charge in [0.05, 0.1) is 5.37 Å². The van der Waals surface area contributed by atoms with E-state index >= 15 is 0 Å². The summed E-state index contributed by atoms with van der Waals surface area (Å²) in [4.78, 5) is 1.45. The molecule has 0 amide bonds. The third-order valence-electron chi connectivity index (χ3n) is 3.17. The quantitative estimate of drug-likeness (QED) is 0.845. The Balaban J connectivity index is 2.19. The standard InChI is InChI=1S/C14H21NS/c1-4-5-10-13-15-14(2,3)11-8-6-7-9-12(11)16-13/h6-9,13,15H,4-5,10H2,1-3H3. The molecule has 0 bridgehead atoms. The average Bonchev–Trinajstić information content (AvgIpc) is 2.25. The van der Waals surface area contributed by atoms with E-state index in [1.165, 1.54) is 29.7 Å². The van der Waals surface area contributed by atoms with E-state index in [9.17, 15) is 0 Å². The number of fused-ring (bicyclic) bond motifs is 1. The van der Waals surface area contributed by atoms with E-state index in [0.29, 0.717) is 5.37 Å². The van der Waals surface area contributed by atoms with Gasteiger partial charge in [-0.25, -0.2) is 0 Å². The van der Waals surface area contributed by atoms with Crippen LogP contribution in [0.2, 0.25) is 0 Å². The Kier molecular flexibility index (Phi) is 3.60. The van der Waals surface area contributed by atoms with Gasteiger partial charge in [0.25, 0.3) is 0 Å². The average molecular weight is 235 g/mol. The minimum atomic E-state index is 0.111. The number of rotatable bonds is 3. The van der Waals surface area contributed by atoms with Gasteiger partial charge in [-0.1, -0.05) is 38.0 Å². The molecule has 1 nitrogen and oxygen atoms in total. The highest BCUT2D eigenvalue weighted by Gasteiger charge is 2.31. The van der Waals surface area contributed by atoms with Crippen LogP contribution >= 0.6 is 11.8 Å². The van der Waals surface area contributed by atoms with Crippen LogP contribution in [0, 0.1) is 0 Å². The summed E-state index contributed by atoms with van der Waals surface area (Å²) < 4.78 is 0. The first-order chi connectivity index (χ1) is 7.63. The molecule has 1 atom stereocenters. The molecule has 0 spiro atoms. The fourth-order valence-electron chi connectivity index (χ4n) is 2.27. The summed E-state index contributed by atoms with van der Waals surface area (Å²) in [6.07, 6.45) is 3.85. The molecule has 1 aromatic carbocycles. The van der Waals surface area contributed by atoms with Crippen LogP contribution in [0.1, 0.15) is 45.6 Å². The normalized spacial score (nSPS) is 22.8. The lowest BCUT2D eigenvalue weighted by Gasteiger charge is -2.38. The van der Waals surface area contributed by atoms with Gasteiger partial charge in [0.2, 0.25) is 0 Å².